The number of hydrogen-bond acceptors (Lipinski definition) is 4. The van der Waals surface area contributed by atoms with Crippen LogP contribution in [0.3, 0.4) is 0 Å². The van der Waals surface area contributed by atoms with Crippen LogP contribution in [-0.2, 0) is 22.5 Å². The lowest BCUT2D eigenvalue weighted by Crippen LogP contribution is -2.48. The minimum absolute atomic E-state index is 0.0127. The van der Waals surface area contributed by atoms with E-state index < -0.39 is 0 Å². The lowest BCUT2D eigenvalue weighted by atomic mass is 10.1. The highest BCUT2D eigenvalue weighted by molar-refractivity contribution is 5.94. The summed E-state index contributed by atoms with van der Waals surface area (Å²) in [6.45, 7) is 5.57. The maximum atomic E-state index is 12.7. The van der Waals surface area contributed by atoms with Gasteiger partial charge in [0.2, 0.25) is 5.91 Å². The molecule has 0 spiro atoms. The van der Waals surface area contributed by atoms with Gasteiger partial charge < -0.3 is 15.0 Å². The van der Waals surface area contributed by atoms with E-state index in [1.165, 1.54) is 0 Å². The fourth-order valence-corrected chi connectivity index (χ4v) is 3.86. The molecule has 3 aromatic rings. The lowest BCUT2D eigenvalue weighted by Gasteiger charge is -2.35. The second-order valence-electron chi connectivity index (χ2n) is 7.84. The number of aromatic nitrogens is 2. The van der Waals surface area contributed by atoms with Crippen LogP contribution in [0.1, 0.15) is 35.5 Å². The van der Waals surface area contributed by atoms with E-state index in [0.717, 1.165) is 22.2 Å². The summed E-state index contributed by atoms with van der Waals surface area (Å²) in [4.78, 5) is 26.9. The number of H-pyrrole nitrogens is 1. The highest BCUT2D eigenvalue weighted by atomic mass is 16.5. The van der Waals surface area contributed by atoms with Crippen molar-refractivity contribution < 1.29 is 14.3 Å². The van der Waals surface area contributed by atoms with Gasteiger partial charge in [0.15, 0.2) is 0 Å². The van der Waals surface area contributed by atoms with Crippen LogP contribution in [0, 0.1) is 0 Å². The summed E-state index contributed by atoms with van der Waals surface area (Å²) in [6, 6.07) is 15.1. The van der Waals surface area contributed by atoms with Crippen molar-refractivity contribution in [2.24, 2.45) is 0 Å². The third-order valence-corrected chi connectivity index (χ3v) is 5.28. The molecule has 0 radical (unpaired) electrons. The second-order valence-corrected chi connectivity index (χ2v) is 7.84. The lowest BCUT2D eigenvalue weighted by molar-refractivity contribution is -0.120. The summed E-state index contributed by atoms with van der Waals surface area (Å²) < 4.78 is 5.70. The summed E-state index contributed by atoms with van der Waals surface area (Å²) in [5, 5.41) is 11.0. The van der Waals surface area contributed by atoms with Crippen LogP contribution in [0.4, 0.5) is 0 Å². The smallest absolute Gasteiger partial charge is 0.254 e. The molecule has 1 saturated heterocycles. The third kappa shape index (κ3) is 4.52. The van der Waals surface area contributed by atoms with Crippen LogP contribution in [0.25, 0.3) is 10.9 Å². The van der Waals surface area contributed by atoms with E-state index in [2.05, 4.69) is 15.5 Å². The molecule has 2 atom stereocenters. The number of rotatable bonds is 5. The fourth-order valence-electron chi connectivity index (χ4n) is 3.86. The minimum atomic E-state index is -0.0825. The average Bonchev–Trinajstić information content (AvgIpc) is 3.14. The largest absolute Gasteiger partial charge is 0.372 e. The molecule has 0 bridgehead atoms. The molecule has 2 heterocycles. The van der Waals surface area contributed by atoms with Crippen molar-refractivity contribution in [3.8, 4) is 0 Å². The number of carbonyl (C=O) groups is 2. The van der Waals surface area contributed by atoms with Gasteiger partial charge in [0.05, 0.1) is 29.8 Å². The topological polar surface area (TPSA) is 87.3 Å². The SMILES string of the molecule is CC1CN(C(=O)c2ccc(CNC(=O)Cc3[nH]nc4ccccc34)cc2)CC(C)O1. The van der Waals surface area contributed by atoms with E-state index >= 15 is 0 Å². The molecule has 2 N–H and O–H groups in total. The van der Waals surface area contributed by atoms with Gasteiger partial charge in [-0.3, -0.25) is 14.7 Å². The Morgan fingerprint density at radius 1 is 1.10 bits per heavy atom. The highest BCUT2D eigenvalue weighted by Crippen LogP contribution is 2.16. The zero-order chi connectivity index (χ0) is 21.1. The summed E-state index contributed by atoms with van der Waals surface area (Å²) in [5.74, 6) is -0.0699. The Bertz CT molecular complexity index is 1030. The number of hydrogen-bond donors (Lipinski definition) is 2. The summed E-state index contributed by atoms with van der Waals surface area (Å²) in [5.41, 5.74) is 3.25. The van der Waals surface area contributed by atoms with E-state index in [0.29, 0.717) is 25.2 Å². The van der Waals surface area contributed by atoms with Gasteiger partial charge in [0.25, 0.3) is 5.91 Å². The fraction of sp³-hybridized carbons (Fsp3) is 0.348. The molecular formula is C23H26N4O3. The van der Waals surface area contributed by atoms with Crippen LogP contribution in [0.2, 0.25) is 0 Å². The molecule has 7 heteroatoms. The third-order valence-electron chi connectivity index (χ3n) is 5.28. The molecule has 2 unspecified atom stereocenters. The number of amides is 2. The molecule has 1 aromatic heterocycles. The molecule has 7 nitrogen and oxygen atoms in total. The number of nitrogens with one attached hydrogen (secondary N) is 2. The first-order chi connectivity index (χ1) is 14.5. The predicted octanol–water partition coefficient (Wildman–Crippen LogP) is 2.67. The van der Waals surface area contributed by atoms with Crippen LogP contribution in [0.15, 0.2) is 48.5 Å². The molecule has 30 heavy (non-hydrogen) atoms. The highest BCUT2D eigenvalue weighted by Gasteiger charge is 2.26. The van der Waals surface area contributed by atoms with E-state index in [1.807, 2.05) is 67.3 Å². The minimum Gasteiger partial charge on any atom is -0.372 e. The van der Waals surface area contributed by atoms with E-state index in [1.54, 1.807) is 0 Å². The number of fused-ring (bicyclic) bond motifs is 1. The molecule has 0 saturated carbocycles. The molecule has 1 aliphatic rings. The molecular weight excluding hydrogens is 380 g/mol. The van der Waals surface area contributed by atoms with Gasteiger partial charge in [0, 0.05) is 30.6 Å². The maximum absolute atomic E-state index is 12.7. The van der Waals surface area contributed by atoms with Gasteiger partial charge in [-0.15, -0.1) is 0 Å². The van der Waals surface area contributed by atoms with Crippen molar-refractivity contribution in [2.75, 3.05) is 13.1 Å². The van der Waals surface area contributed by atoms with Gasteiger partial charge in [-0.1, -0.05) is 30.3 Å². The van der Waals surface area contributed by atoms with Gasteiger partial charge in [-0.05, 0) is 37.6 Å². The van der Waals surface area contributed by atoms with Crippen molar-refractivity contribution in [2.45, 2.75) is 39.0 Å². The Labute approximate surface area is 175 Å². The van der Waals surface area contributed by atoms with Crippen molar-refractivity contribution in [3.63, 3.8) is 0 Å². The Hall–Kier alpha value is -3.19. The normalized spacial score (nSPS) is 19.1. The van der Waals surface area contributed by atoms with Crippen LogP contribution >= 0.6 is 0 Å². The Balaban J connectivity index is 1.32. The van der Waals surface area contributed by atoms with Crippen molar-refractivity contribution in [3.05, 3.63) is 65.4 Å². The average molecular weight is 406 g/mol. The summed E-state index contributed by atoms with van der Waals surface area (Å²) >= 11 is 0. The molecule has 1 aliphatic heterocycles. The molecule has 2 amide bonds. The first-order valence-electron chi connectivity index (χ1n) is 10.2. The molecule has 156 valence electrons. The maximum Gasteiger partial charge on any atom is 0.254 e. The Morgan fingerprint density at radius 3 is 2.53 bits per heavy atom. The second kappa shape index (κ2) is 8.67. The number of nitrogens with zero attached hydrogens (tertiary/aromatic N) is 2. The van der Waals surface area contributed by atoms with E-state index in [-0.39, 0.29) is 30.4 Å². The molecule has 2 aromatic carbocycles. The van der Waals surface area contributed by atoms with E-state index in [9.17, 15) is 9.59 Å². The molecule has 0 aliphatic carbocycles. The van der Waals surface area contributed by atoms with Crippen molar-refractivity contribution in [1.29, 1.82) is 0 Å². The summed E-state index contributed by atoms with van der Waals surface area (Å²) in [7, 11) is 0. The van der Waals surface area contributed by atoms with Gasteiger partial charge in [-0.25, -0.2) is 0 Å². The Morgan fingerprint density at radius 2 is 1.80 bits per heavy atom. The predicted molar refractivity (Wildman–Crippen MR) is 114 cm³/mol. The number of aromatic amines is 1. The van der Waals surface area contributed by atoms with E-state index in [4.69, 9.17) is 4.74 Å². The number of ether oxygens (including phenoxy) is 1. The zero-order valence-electron chi connectivity index (χ0n) is 17.2. The summed E-state index contributed by atoms with van der Waals surface area (Å²) in [6.07, 6.45) is 0.322. The first-order valence-corrected chi connectivity index (χ1v) is 10.2. The van der Waals surface area contributed by atoms with Gasteiger partial charge in [-0.2, -0.15) is 5.10 Å². The van der Waals surface area contributed by atoms with Crippen LogP contribution in [-0.4, -0.2) is 52.2 Å². The number of carbonyl (C=O) groups excluding carboxylic acids is 2. The zero-order valence-corrected chi connectivity index (χ0v) is 17.2. The first kappa shape index (κ1) is 20.1. The monoisotopic (exact) mass is 406 g/mol. The van der Waals surface area contributed by atoms with Gasteiger partial charge in [0.1, 0.15) is 0 Å². The van der Waals surface area contributed by atoms with Gasteiger partial charge >= 0.3 is 0 Å². The van der Waals surface area contributed by atoms with Crippen molar-refractivity contribution in [1.82, 2.24) is 20.4 Å². The standard InChI is InChI=1S/C23H26N4O3/c1-15-13-27(14-16(2)30-15)23(29)18-9-7-17(8-10-18)12-24-22(28)11-21-19-5-3-4-6-20(19)25-26-21/h3-10,15-16H,11-14H2,1-2H3,(H,24,28)(H,25,26). The van der Waals surface area contributed by atoms with Crippen molar-refractivity contribution >= 4 is 22.7 Å². The number of para-hydroxylation sites is 1. The van der Waals surface area contributed by atoms with Crippen LogP contribution in [0.5, 0.6) is 0 Å². The molecule has 4 rings (SSSR count). The number of benzene rings is 2. The van der Waals surface area contributed by atoms with Crippen LogP contribution < -0.4 is 5.32 Å². The quantitative estimate of drug-likeness (QED) is 0.682. The number of morpholine rings is 1. The Kier molecular flexibility index (Phi) is 5.81. The molecule has 1 fully saturated rings.